The Morgan fingerprint density at radius 1 is 0.457 bits per heavy atom. The first kappa shape index (κ1) is 35.1. The molecule has 0 spiro atoms. The molecule has 0 aromatic heterocycles. The van der Waals surface area contributed by atoms with Gasteiger partial charge in [0.1, 0.15) is 0 Å². The molecule has 0 saturated heterocycles. The maximum absolute atomic E-state index is 5.58. The lowest BCUT2D eigenvalue weighted by Crippen LogP contribution is -2.41. The van der Waals surface area contributed by atoms with Gasteiger partial charge in [-0.3, -0.25) is 0 Å². The summed E-state index contributed by atoms with van der Waals surface area (Å²) in [6.45, 7) is 7.18. The van der Waals surface area contributed by atoms with Gasteiger partial charge < -0.3 is 13.3 Å². The fraction of sp³-hybridized carbons (Fsp3) is 1.00. The Bertz CT molecular complexity index is 426. The molecule has 212 valence electrons. The van der Waals surface area contributed by atoms with Crippen LogP contribution in [0, 0.1) is 0 Å². The van der Waals surface area contributed by atoms with Gasteiger partial charge in [-0.1, -0.05) is 122 Å². The molecule has 0 rings (SSSR count). The Hall–Kier alpha value is 0.0969. The van der Waals surface area contributed by atoms with Crippen LogP contribution in [0.4, 0.5) is 0 Å². The topological polar surface area (TPSA) is 18.5 Å². The molecule has 0 aromatic rings. The molecule has 0 heterocycles. The maximum atomic E-state index is 5.58. The SMILES string of the molecule is CCCCCCCCCCCCCCCCCC[N+](C)(C)CCCCCCCC[Si](C)(OC)OC. The molecule has 0 bridgehead atoms. The summed E-state index contributed by atoms with van der Waals surface area (Å²) in [5, 5.41) is 0. The van der Waals surface area contributed by atoms with Gasteiger partial charge in [-0.25, -0.2) is 0 Å². The molecule has 35 heavy (non-hydrogen) atoms. The highest BCUT2D eigenvalue weighted by Gasteiger charge is 2.27. The highest BCUT2D eigenvalue weighted by atomic mass is 28.4. The monoisotopic (exact) mass is 515 g/mol. The summed E-state index contributed by atoms with van der Waals surface area (Å²) in [4.78, 5) is 0. The minimum absolute atomic E-state index is 1.13. The molecule has 0 aliphatic rings. The van der Waals surface area contributed by atoms with E-state index in [2.05, 4.69) is 27.6 Å². The van der Waals surface area contributed by atoms with Gasteiger partial charge in [0.15, 0.2) is 0 Å². The summed E-state index contributed by atoms with van der Waals surface area (Å²) in [6, 6.07) is 1.13. The van der Waals surface area contributed by atoms with Gasteiger partial charge in [0.25, 0.3) is 0 Å². The van der Waals surface area contributed by atoms with Gasteiger partial charge in [-0.15, -0.1) is 0 Å². The summed E-state index contributed by atoms with van der Waals surface area (Å²) < 4.78 is 12.4. The quantitative estimate of drug-likeness (QED) is 0.0587. The molecule has 4 heteroatoms. The highest BCUT2D eigenvalue weighted by Crippen LogP contribution is 2.18. The van der Waals surface area contributed by atoms with Crippen molar-refractivity contribution < 1.29 is 13.3 Å². The standard InChI is InChI=1S/C31H68NO2Si/c1-7-8-9-10-11-12-13-14-15-16-17-18-19-20-23-26-29-32(2,3)30-27-24-21-22-25-28-31-35(6,33-4)34-5/h7-31H2,1-6H3/q+1. The van der Waals surface area contributed by atoms with Gasteiger partial charge in [0.2, 0.25) is 0 Å². The van der Waals surface area contributed by atoms with Crippen molar-refractivity contribution in [2.45, 2.75) is 161 Å². The van der Waals surface area contributed by atoms with E-state index in [1.54, 1.807) is 14.2 Å². The lowest BCUT2D eigenvalue weighted by molar-refractivity contribution is -0.890. The van der Waals surface area contributed by atoms with Gasteiger partial charge in [0, 0.05) is 14.2 Å². The second kappa shape index (κ2) is 24.4. The summed E-state index contributed by atoms with van der Waals surface area (Å²) >= 11 is 0. The molecule has 0 saturated carbocycles. The molecule has 0 atom stereocenters. The van der Waals surface area contributed by atoms with Gasteiger partial charge in [0.05, 0.1) is 27.2 Å². The third kappa shape index (κ3) is 24.2. The van der Waals surface area contributed by atoms with Crippen molar-refractivity contribution in [3.05, 3.63) is 0 Å². The van der Waals surface area contributed by atoms with Crippen molar-refractivity contribution in [1.82, 2.24) is 0 Å². The Labute approximate surface area is 224 Å². The summed E-state index contributed by atoms with van der Waals surface area (Å²) in [7, 11) is 6.64. The predicted octanol–water partition coefficient (Wildman–Crippen LogP) is 10.0. The molecule has 0 N–H and O–H groups in total. The van der Waals surface area contributed by atoms with E-state index in [0.29, 0.717) is 0 Å². The Balaban J connectivity index is 3.38. The molecule has 0 fully saturated rings. The zero-order chi connectivity index (χ0) is 26.1. The zero-order valence-electron chi connectivity index (χ0n) is 25.4. The van der Waals surface area contributed by atoms with Crippen LogP contribution in [0.1, 0.15) is 148 Å². The first-order chi connectivity index (χ1) is 16.9. The van der Waals surface area contributed by atoms with Crippen LogP contribution >= 0.6 is 0 Å². The largest absolute Gasteiger partial charge is 0.398 e. The smallest absolute Gasteiger partial charge is 0.334 e. The maximum Gasteiger partial charge on any atom is 0.334 e. The van der Waals surface area contributed by atoms with E-state index >= 15 is 0 Å². The van der Waals surface area contributed by atoms with Crippen molar-refractivity contribution in [2.24, 2.45) is 0 Å². The Morgan fingerprint density at radius 2 is 0.743 bits per heavy atom. The molecule has 3 nitrogen and oxygen atoms in total. The summed E-state index contributed by atoms with van der Waals surface area (Å²) in [5.74, 6) is 0. The van der Waals surface area contributed by atoms with Crippen LogP contribution in [-0.2, 0) is 8.85 Å². The fourth-order valence-corrected chi connectivity index (χ4v) is 6.65. The van der Waals surface area contributed by atoms with Gasteiger partial charge >= 0.3 is 8.56 Å². The average Bonchev–Trinajstić information content (AvgIpc) is 2.85. The van der Waals surface area contributed by atoms with E-state index < -0.39 is 8.56 Å². The van der Waals surface area contributed by atoms with E-state index in [-0.39, 0.29) is 0 Å². The zero-order valence-corrected chi connectivity index (χ0v) is 26.4. The number of hydrogen-bond acceptors (Lipinski definition) is 2. The predicted molar refractivity (Wildman–Crippen MR) is 160 cm³/mol. The Kier molecular flexibility index (Phi) is 24.5. The third-order valence-electron chi connectivity index (χ3n) is 8.12. The van der Waals surface area contributed by atoms with Crippen molar-refractivity contribution >= 4 is 8.56 Å². The molecular formula is C31H68NO2Si+. The molecule has 0 amide bonds. The first-order valence-corrected chi connectivity index (χ1v) is 18.3. The molecule has 0 aliphatic carbocycles. The number of hydrogen-bond donors (Lipinski definition) is 0. The Morgan fingerprint density at radius 3 is 1.06 bits per heavy atom. The molecule has 0 aromatic carbocycles. The van der Waals surface area contributed by atoms with Gasteiger partial charge in [-0.2, -0.15) is 0 Å². The van der Waals surface area contributed by atoms with E-state index in [4.69, 9.17) is 8.85 Å². The molecule has 0 unspecified atom stereocenters. The number of quaternary nitrogens is 1. The second-order valence-corrected chi connectivity index (χ2v) is 15.7. The summed E-state index contributed by atoms with van der Waals surface area (Å²) in [6.07, 6.45) is 31.4. The normalized spacial score (nSPS) is 12.5. The van der Waals surface area contributed by atoms with Crippen molar-refractivity contribution in [3.63, 3.8) is 0 Å². The number of nitrogens with zero attached hydrogens (tertiary/aromatic N) is 1. The van der Waals surface area contributed by atoms with E-state index in [0.717, 1.165) is 6.04 Å². The lowest BCUT2D eigenvalue weighted by Gasteiger charge is -2.30. The minimum Gasteiger partial charge on any atom is -0.398 e. The van der Waals surface area contributed by atoms with Crippen molar-refractivity contribution in [1.29, 1.82) is 0 Å². The molecular weight excluding hydrogens is 446 g/mol. The number of rotatable bonds is 28. The van der Waals surface area contributed by atoms with Crippen LogP contribution in [0.25, 0.3) is 0 Å². The van der Waals surface area contributed by atoms with E-state index in [1.807, 2.05) is 0 Å². The van der Waals surface area contributed by atoms with Crippen LogP contribution in [0.2, 0.25) is 12.6 Å². The third-order valence-corrected chi connectivity index (χ3v) is 11.1. The second-order valence-electron chi connectivity index (χ2n) is 12.1. The summed E-state index contributed by atoms with van der Waals surface area (Å²) in [5.41, 5.74) is 0. The van der Waals surface area contributed by atoms with Gasteiger partial charge in [-0.05, 0) is 38.3 Å². The minimum atomic E-state index is -1.84. The van der Waals surface area contributed by atoms with E-state index in [9.17, 15) is 0 Å². The first-order valence-electron chi connectivity index (χ1n) is 15.8. The molecule has 0 radical (unpaired) electrons. The van der Waals surface area contributed by atoms with Crippen molar-refractivity contribution in [3.8, 4) is 0 Å². The molecule has 0 aliphatic heterocycles. The van der Waals surface area contributed by atoms with Crippen LogP contribution in [0.15, 0.2) is 0 Å². The average molecular weight is 515 g/mol. The van der Waals surface area contributed by atoms with Crippen LogP contribution in [0.3, 0.4) is 0 Å². The fourth-order valence-electron chi connectivity index (χ4n) is 5.18. The van der Waals surface area contributed by atoms with Crippen molar-refractivity contribution in [2.75, 3.05) is 41.4 Å². The number of unbranched alkanes of at least 4 members (excludes halogenated alkanes) is 20. The van der Waals surface area contributed by atoms with Crippen LogP contribution in [0.5, 0.6) is 0 Å². The van der Waals surface area contributed by atoms with E-state index in [1.165, 1.54) is 159 Å². The van der Waals surface area contributed by atoms with Crippen LogP contribution < -0.4 is 0 Å². The highest BCUT2D eigenvalue weighted by molar-refractivity contribution is 6.65. The van der Waals surface area contributed by atoms with Crippen LogP contribution in [-0.4, -0.2) is 54.4 Å². The lowest BCUT2D eigenvalue weighted by atomic mass is 10.0.